The van der Waals surface area contributed by atoms with E-state index in [1.807, 2.05) is 0 Å². The molecule has 0 bridgehead atoms. The van der Waals surface area contributed by atoms with Crippen LogP contribution in [0, 0.1) is 5.92 Å². The van der Waals surface area contributed by atoms with Crippen molar-refractivity contribution >= 4 is 29.9 Å². The zero-order valence-electron chi connectivity index (χ0n) is 18.0. The van der Waals surface area contributed by atoms with Crippen LogP contribution in [-0.2, 0) is 17.8 Å². The van der Waals surface area contributed by atoms with Gasteiger partial charge < -0.3 is 15.4 Å². The largest absolute Gasteiger partial charge is 0.381 e. The first-order chi connectivity index (χ1) is 13.8. The van der Waals surface area contributed by atoms with Crippen LogP contribution < -0.4 is 10.6 Å². The Morgan fingerprint density at radius 2 is 1.86 bits per heavy atom. The van der Waals surface area contributed by atoms with Crippen molar-refractivity contribution in [1.29, 1.82) is 0 Å². The van der Waals surface area contributed by atoms with Crippen molar-refractivity contribution in [2.45, 2.75) is 58.5 Å². The number of piperidine rings is 1. The summed E-state index contributed by atoms with van der Waals surface area (Å²) in [5.74, 6) is 1.74. The van der Waals surface area contributed by atoms with Crippen LogP contribution >= 0.6 is 24.0 Å². The van der Waals surface area contributed by atoms with Crippen molar-refractivity contribution in [3.63, 3.8) is 0 Å². The maximum atomic E-state index is 5.71. The van der Waals surface area contributed by atoms with E-state index in [1.54, 1.807) is 0 Å². The zero-order valence-corrected chi connectivity index (χ0v) is 20.3. The molecule has 29 heavy (non-hydrogen) atoms. The Kier molecular flexibility index (Phi) is 12.0. The molecule has 1 aliphatic carbocycles. The fourth-order valence-corrected chi connectivity index (χ4v) is 3.65. The predicted octanol–water partition coefficient (Wildman–Crippen LogP) is 4.16. The van der Waals surface area contributed by atoms with Crippen LogP contribution in [0.5, 0.6) is 0 Å². The molecule has 0 unspecified atom stereocenters. The lowest BCUT2D eigenvalue weighted by atomic mass is 10.1. The van der Waals surface area contributed by atoms with Gasteiger partial charge in [0.2, 0.25) is 0 Å². The van der Waals surface area contributed by atoms with E-state index in [1.165, 1.54) is 56.3 Å². The molecule has 2 N–H and O–H groups in total. The molecule has 0 aromatic heterocycles. The monoisotopic (exact) mass is 514 g/mol. The van der Waals surface area contributed by atoms with Gasteiger partial charge in [-0.25, -0.2) is 4.99 Å². The highest BCUT2D eigenvalue weighted by molar-refractivity contribution is 14.0. The van der Waals surface area contributed by atoms with Gasteiger partial charge in [-0.1, -0.05) is 30.7 Å². The Morgan fingerprint density at radius 1 is 1.10 bits per heavy atom. The van der Waals surface area contributed by atoms with Crippen LogP contribution in [-0.4, -0.2) is 50.3 Å². The fraction of sp³-hybridized carbons (Fsp3) is 0.696. The second-order valence-electron chi connectivity index (χ2n) is 8.10. The molecule has 1 heterocycles. The van der Waals surface area contributed by atoms with Gasteiger partial charge in [0.1, 0.15) is 0 Å². The number of ether oxygens (including phenoxy) is 1. The molecule has 0 atom stereocenters. The normalized spacial score (nSPS) is 17.6. The first-order valence-electron chi connectivity index (χ1n) is 11.2. The highest BCUT2D eigenvalue weighted by atomic mass is 127. The number of benzene rings is 1. The van der Waals surface area contributed by atoms with Crippen LogP contribution in [0.15, 0.2) is 29.3 Å². The maximum Gasteiger partial charge on any atom is 0.191 e. The topological polar surface area (TPSA) is 48.9 Å². The summed E-state index contributed by atoms with van der Waals surface area (Å²) in [6.45, 7) is 9.88. The molecule has 3 rings (SSSR count). The van der Waals surface area contributed by atoms with Crippen LogP contribution in [0.2, 0.25) is 0 Å². The van der Waals surface area contributed by atoms with Gasteiger partial charge in [0, 0.05) is 32.8 Å². The molecule has 1 aliphatic heterocycles. The lowest BCUT2D eigenvalue weighted by Crippen LogP contribution is -2.38. The SMILES string of the molecule is CCNC(=NCc1ccccc1CN1CCCCC1)NCCCOCC1CC1.I. The summed E-state index contributed by atoms with van der Waals surface area (Å²) in [6, 6.07) is 8.76. The van der Waals surface area contributed by atoms with E-state index < -0.39 is 0 Å². The predicted molar refractivity (Wildman–Crippen MR) is 132 cm³/mol. The van der Waals surface area contributed by atoms with Crippen LogP contribution in [0.25, 0.3) is 0 Å². The number of nitrogens with one attached hydrogen (secondary N) is 2. The molecular formula is C23H39IN4O. The number of aliphatic imine (C=N–C) groups is 1. The Morgan fingerprint density at radius 3 is 2.59 bits per heavy atom. The van der Waals surface area contributed by atoms with Gasteiger partial charge in [-0.05, 0) is 69.2 Å². The summed E-state index contributed by atoms with van der Waals surface area (Å²) < 4.78 is 5.71. The Labute approximate surface area is 194 Å². The molecule has 1 aromatic carbocycles. The second kappa shape index (κ2) is 14.2. The lowest BCUT2D eigenvalue weighted by Gasteiger charge is -2.27. The molecular weight excluding hydrogens is 475 g/mol. The minimum Gasteiger partial charge on any atom is -0.381 e. The van der Waals surface area contributed by atoms with E-state index in [-0.39, 0.29) is 24.0 Å². The first kappa shape index (κ1) is 24.4. The van der Waals surface area contributed by atoms with E-state index >= 15 is 0 Å². The average molecular weight is 514 g/mol. The summed E-state index contributed by atoms with van der Waals surface area (Å²) in [5, 5.41) is 6.80. The van der Waals surface area contributed by atoms with E-state index in [9.17, 15) is 0 Å². The quantitative estimate of drug-likeness (QED) is 0.202. The third kappa shape index (κ3) is 9.66. The van der Waals surface area contributed by atoms with E-state index in [0.29, 0.717) is 0 Å². The van der Waals surface area contributed by atoms with E-state index in [2.05, 4.69) is 46.7 Å². The van der Waals surface area contributed by atoms with E-state index in [4.69, 9.17) is 9.73 Å². The van der Waals surface area contributed by atoms with Crippen molar-refractivity contribution in [2.24, 2.45) is 10.9 Å². The molecule has 5 nitrogen and oxygen atoms in total. The summed E-state index contributed by atoms with van der Waals surface area (Å²) in [4.78, 5) is 7.41. The van der Waals surface area contributed by atoms with E-state index in [0.717, 1.165) is 57.7 Å². The van der Waals surface area contributed by atoms with Crippen molar-refractivity contribution in [1.82, 2.24) is 15.5 Å². The maximum absolute atomic E-state index is 5.71. The molecule has 1 aromatic rings. The second-order valence-corrected chi connectivity index (χ2v) is 8.10. The van der Waals surface area contributed by atoms with Gasteiger partial charge in [-0.2, -0.15) is 0 Å². The minimum atomic E-state index is 0. The minimum absolute atomic E-state index is 0. The molecule has 1 saturated heterocycles. The van der Waals surface area contributed by atoms with Gasteiger partial charge in [0.05, 0.1) is 6.54 Å². The number of guanidine groups is 1. The molecule has 0 amide bonds. The summed E-state index contributed by atoms with van der Waals surface area (Å²) in [5.41, 5.74) is 2.75. The van der Waals surface area contributed by atoms with Gasteiger partial charge >= 0.3 is 0 Å². The fourth-order valence-electron chi connectivity index (χ4n) is 3.65. The van der Waals surface area contributed by atoms with Crippen molar-refractivity contribution in [2.75, 3.05) is 39.4 Å². The molecule has 0 radical (unpaired) electrons. The highest BCUT2D eigenvalue weighted by Crippen LogP contribution is 2.28. The molecule has 2 fully saturated rings. The van der Waals surface area contributed by atoms with Crippen molar-refractivity contribution in [3.05, 3.63) is 35.4 Å². The summed E-state index contributed by atoms with van der Waals surface area (Å²) >= 11 is 0. The molecule has 2 aliphatic rings. The molecule has 164 valence electrons. The third-order valence-corrected chi connectivity index (χ3v) is 5.52. The zero-order chi connectivity index (χ0) is 19.4. The Bertz CT molecular complexity index is 600. The van der Waals surface area contributed by atoms with Crippen LogP contribution in [0.4, 0.5) is 0 Å². The van der Waals surface area contributed by atoms with Gasteiger partial charge in [0.25, 0.3) is 0 Å². The average Bonchev–Trinajstić information content (AvgIpc) is 3.55. The Balaban J connectivity index is 0.00000300. The highest BCUT2D eigenvalue weighted by Gasteiger charge is 2.20. The number of hydrogen-bond donors (Lipinski definition) is 2. The van der Waals surface area contributed by atoms with Crippen molar-refractivity contribution < 1.29 is 4.74 Å². The summed E-state index contributed by atoms with van der Waals surface area (Å²) in [6.07, 6.45) is 7.77. The lowest BCUT2D eigenvalue weighted by molar-refractivity contribution is 0.123. The number of rotatable bonds is 11. The Hall–Kier alpha value is -0.860. The van der Waals surface area contributed by atoms with Crippen LogP contribution in [0.3, 0.4) is 0 Å². The number of nitrogens with zero attached hydrogens (tertiary/aromatic N) is 2. The standard InChI is InChI=1S/C23H38N4O.HI/c1-2-24-23(25-13-8-16-28-19-20-11-12-20)26-17-21-9-4-5-10-22(21)18-27-14-6-3-7-15-27;/h4-5,9-10,20H,2-3,6-8,11-19H2,1H3,(H2,24,25,26);1H. The van der Waals surface area contributed by atoms with Gasteiger partial charge in [0.15, 0.2) is 5.96 Å². The molecule has 6 heteroatoms. The summed E-state index contributed by atoms with van der Waals surface area (Å²) in [7, 11) is 0. The number of hydrogen-bond acceptors (Lipinski definition) is 3. The number of halogens is 1. The van der Waals surface area contributed by atoms with Gasteiger partial charge in [-0.3, -0.25) is 4.90 Å². The molecule has 0 spiro atoms. The van der Waals surface area contributed by atoms with Gasteiger partial charge in [-0.15, -0.1) is 24.0 Å². The third-order valence-electron chi connectivity index (χ3n) is 5.52. The van der Waals surface area contributed by atoms with Crippen LogP contribution in [0.1, 0.15) is 56.6 Å². The first-order valence-corrected chi connectivity index (χ1v) is 11.2. The number of likely N-dealkylation sites (tertiary alicyclic amines) is 1. The van der Waals surface area contributed by atoms with Crippen molar-refractivity contribution in [3.8, 4) is 0 Å². The smallest absolute Gasteiger partial charge is 0.191 e. The molecule has 1 saturated carbocycles.